The van der Waals surface area contributed by atoms with E-state index in [-0.39, 0.29) is 0 Å². The third-order valence-corrected chi connectivity index (χ3v) is 4.34. The lowest BCUT2D eigenvalue weighted by molar-refractivity contribution is 0.224. The molecule has 1 aromatic heterocycles. The first-order valence-corrected chi connectivity index (χ1v) is 7.50. The van der Waals surface area contributed by atoms with Gasteiger partial charge >= 0.3 is 0 Å². The quantitative estimate of drug-likeness (QED) is 0.714. The molecule has 1 atom stereocenters. The van der Waals surface area contributed by atoms with E-state index in [2.05, 4.69) is 9.97 Å². The molecule has 4 rings (SSSR count). The van der Waals surface area contributed by atoms with Gasteiger partial charge in [-0.2, -0.15) is 0 Å². The van der Waals surface area contributed by atoms with Crippen molar-refractivity contribution >= 4 is 23.2 Å². The third kappa shape index (κ3) is 2.02. The molecule has 0 fully saturated rings. The molecule has 0 amide bonds. The highest BCUT2D eigenvalue weighted by molar-refractivity contribution is 6.36. The molecule has 108 valence electrons. The number of benzene rings is 2. The van der Waals surface area contributed by atoms with E-state index >= 15 is 0 Å². The summed E-state index contributed by atoms with van der Waals surface area (Å²) >= 11 is 12.2. The van der Waals surface area contributed by atoms with Crippen LogP contribution in [0.4, 0.5) is 0 Å². The fraction of sp³-hybridized carbons (Fsp3) is 0.0588. The number of aliphatic hydroxyl groups excluding tert-OH is 1. The van der Waals surface area contributed by atoms with Gasteiger partial charge in [0.1, 0.15) is 6.10 Å². The zero-order valence-electron chi connectivity index (χ0n) is 11.3. The highest BCUT2D eigenvalue weighted by Gasteiger charge is 2.29. The zero-order chi connectivity index (χ0) is 15.3. The fourth-order valence-corrected chi connectivity index (χ4v) is 3.22. The van der Waals surface area contributed by atoms with Crippen LogP contribution in [0.25, 0.3) is 22.6 Å². The Morgan fingerprint density at radius 2 is 1.77 bits per heavy atom. The Labute approximate surface area is 137 Å². The number of hydrogen-bond acceptors (Lipinski definition) is 3. The molecule has 1 aliphatic rings. The Balaban J connectivity index is 1.91. The first-order chi connectivity index (χ1) is 10.6. The Bertz CT molecular complexity index is 896. The molecule has 2 aromatic carbocycles. The van der Waals surface area contributed by atoms with Crippen LogP contribution in [0.2, 0.25) is 10.0 Å². The van der Waals surface area contributed by atoms with Gasteiger partial charge in [0.05, 0.1) is 10.7 Å². The van der Waals surface area contributed by atoms with Crippen LogP contribution < -0.4 is 0 Å². The highest BCUT2D eigenvalue weighted by Crippen LogP contribution is 2.42. The van der Waals surface area contributed by atoms with Crippen molar-refractivity contribution in [2.75, 3.05) is 0 Å². The van der Waals surface area contributed by atoms with Crippen molar-refractivity contribution in [1.29, 1.82) is 0 Å². The standard InChI is InChI=1S/C17H10Cl2N2O/c18-9-5-6-12(14(19)7-9)17-20-8-13-15(21-17)10-3-1-2-4-11(10)16(13)22/h1-8,16,22H. The number of fused-ring (bicyclic) bond motifs is 3. The van der Waals surface area contributed by atoms with Gasteiger partial charge in [0.2, 0.25) is 0 Å². The summed E-state index contributed by atoms with van der Waals surface area (Å²) in [5.41, 5.74) is 3.96. The van der Waals surface area contributed by atoms with Crippen molar-refractivity contribution in [3.05, 3.63) is 69.8 Å². The molecule has 0 radical (unpaired) electrons. The molecule has 1 heterocycles. The average molecular weight is 329 g/mol. The summed E-state index contributed by atoms with van der Waals surface area (Å²) in [6.07, 6.45) is 0.980. The molecule has 0 bridgehead atoms. The van der Waals surface area contributed by atoms with E-state index < -0.39 is 6.10 Å². The Hall–Kier alpha value is -1.94. The normalized spacial score (nSPS) is 15.5. The molecule has 1 unspecified atom stereocenters. The summed E-state index contributed by atoms with van der Waals surface area (Å²) in [7, 11) is 0. The van der Waals surface area contributed by atoms with Crippen molar-refractivity contribution in [1.82, 2.24) is 9.97 Å². The zero-order valence-corrected chi connectivity index (χ0v) is 12.8. The largest absolute Gasteiger partial charge is 0.383 e. The lowest BCUT2D eigenvalue weighted by Crippen LogP contribution is -1.97. The number of rotatable bonds is 1. The van der Waals surface area contributed by atoms with Crippen molar-refractivity contribution < 1.29 is 5.11 Å². The molecule has 0 aliphatic heterocycles. The summed E-state index contributed by atoms with van der Waals surface area (Å²) in [5.74, 6) is 0.518. The van der Waals surface area contributed by atoms with Gasteiger partial charge in [0.25, 0.3) is 0 Å². The van der Waals surface area contributed by atoms with Crippen molar-refractivity contribution in [3.8, 4) is 22.6 Å². The molecular weight excluding hydrogens is 319 g/mol. The van der Waals surface area contributed by atoms with E-state index in [1.165, 1.54) is 0 Å². The highest BCUT2D eigenvalue weighted by atomic mass is 35.5. The van der Waals surface area contributed by atoms with Crippen LogP contribution in [-0.2, 0) is 0 Å². The van der Waals surface area contributed by atoms with Gasteiger partial charge in [-0.3, -0.25) is 0 Å². The lowest BCUT2D eigenvalue weighted by Gasteiger charge is -2.07. The number of aromatic nitrogens is 2. The molecule has 0 saturated heterocycles. The maximum absolute atomic E-state index is 10.4. The number of halogens is 2. The molecule has 5 heteroatoms. The molecule has 0 saturated carbocycles. The van der Waals surface area contributed by atoms with Crippen molar-refractivity contribution in [2.45, 2.75) is 6.10 Å². The van der Waals surface area contributed by atoms with E-state index in [9.17, 15) is 5.11 Å². The molecule has 3 nitrogen and oxygen atoms in total. The van der Waals surface area contributed by atoms with E-state index in [4.69, 9.17) is 23.2 Å². The van der Waals surface area contributed by atoms with Crippen LogP contribution in [0.5, 0.6) is 0 Å². The van der Waals surface area contributed by atoms with Gasteiger partial charge in [-0.15, -0.1) is 0 Å². The lowest BCUT2D eigenvalue weighted by atomic mass is 10.1. The maximum Gasteiger partial charge on any atom is 0.161 e. The summed E-state index contributed by atoms with van der Waals surface area (Å²) in [6, 6.07) is 12.9. The fourth-order valence-electron chi connectivity index (χ4n) is 2.73. The van der Waals surface area contributed by atoms with E-state index in [1.54, 1.807) is 24.4 Å². The van der Waals surface area contributed by atoms with Crippen molar-refractivity contribution in [2.24, 2.45) is 0 Å². The minimum absolute atomic E-state index is 0.499. The number of aliphatic hydroxyl groups is 1. The first kappa shape index (κ1) is 13.7. The molecule has 3 aromatic rings. The van der Waals surface area contributed by atoms with E-state index in [1.807, 2.05) is 24.3 Å². The first-order valence-electron chi connectivity index (χ1n) is 6.75. The van der Waals surface area contributed by atoms with Gasteiger partial charge in [-0.05, 0) is 23.8 Å². The molecule has 1 aliphatic carbocycles. The summed E-state index contributed by atoms with van der Waals surface area (Å²) in [6.45, 7) is 0. The number of nitrogens with zero attached hydrogens (tertiary/aromatic N) is 2. The Morgan fingerprint density at radius 3 is 2.59 bits per heavy atom. The maximum atomic E-state index is 10.4. The van der Waals surface area contributed by atoms with Gasteiger partial charge < -0.3 is 5.11 Å². The van der Waals surface area contributed by atoms with Gasteiger partial charge in [-0.1, -0.05) is 47.5 Å². The molecular formula is C17H10Cl2N2O. The predicted octanol–water partition coefficient (Wildman–Crippen LogP) is 4.51. The second-order valence-electron chi connectivity index (χ2n) is 5.11. The second kappa shape index (κ2) is 5.06. The van der Waals surface area contributed by atoms with E-state index in [0.29, 0.717) is 21.4 Å². The topological polar surface area (TPSA) is 46.0 Å². The number of hydrogen-bond donors (Lipinski definition) is 1. The van der Waals surface area contributed by atoms with Crippen LogP contribution in [0.1, 0.15) is 17.2 Å². The average Bonchev–Trinajstić information content (AvgIpc) is 2.81. The smallest absolute Gasteiger partial charge is 0.161 e. The predicted molar refractivity (Wildman–Crippen MR) is 87.0 cm³/mol. The second-order valence-corrected chi connectivity index (χ2v) is 5.96. The van der Waals surface area contributed by atoms with Crippen LogP contribution >= 0.6 is 23.2 Å². The summed E-state index contributed by atoms with van der Waals surface area (Å²) < 4.78 is 0. The Kier molecular flexibility index (Phi) is 3.15. The summed E-state index contributed by atoms with van der Waals surface area (Å²) in [5, 5.41) is 11.4. The monoisotopic (exact) mass is 328 g/mol. The molecule has 0 spiro atoms. The van der Waals surface area contributed by atoms with Crippen LogP contribution in [0, 0.1) is 0 Å². The Morgan fingerprint density at radius 1 is 0.955 bits per heavy atom. The van der Waals surface area contributed by atoms with Crippen LogP contribution in [-0.4, -0.2) is 15.1 Å². The molecule has 22 heavy (non-hydrogen) atoms. The minimum atomic E-state index is -0.680. The summed E-state index contributed by atoms with van der Waals surface area (Å²) in [4.78, 5) is 8.95. The van der Waals surface area contributed by atoms with E-state index in [0.717, 1.165) is 22.4 Å². The molecule has 1 N–H and O–H groups in total. The van der Waals surface area contributed by atoms with Crippen molar-refractivity contribution in [3.63, 3.8) is 0 Å². The van der Waals surface area contributed by atoms with Crippen LogP contribution in [0.3, 0.4) is 0 Å². The van der Waals surface area contributed by atoms with Crippen LogP contribution in [0.15, 0.2) is 48.7 Å². The van der Waals surface area contributed by atoms with Gasteiger partial charge in [-0.25, -0.2) is 9.97 Å². The SMILES string of the molecule is OC1c2ccccc2-c2nc(-c3ccc(Cl)cc3Cl)ncc21. The third-order valence-electron chi connectivity index (χ3n) is 3.79. The van der Waals surface area contributed by atoms with Gasteiger partial charge in [0, 0.05) is 27.9 Å². The minimum Gasteiger partial charge on any atom is -0.383 e. The van der Waals surface area contributed by atoms with Gasteiger partial charge in [0.15, 0.2) is 5.82 Å².